The van der Waals surface area contributed by atoms with E-state index >= 15 is 0 Å². The Kier molecular flexibility index (Phi) is 39.5. The molecule has 0 atom stereocenters. The number of rotatable bonds is 0. The van der Waals surface area contributed by atoms with E-state index in [0.29, 0.717) is 0 Å². The van der Waals surface area contributed by atoms with Crippen LogP contribution in [0.25, 0.3) is 0 Å². The minimum absolute atomic E-state index is 0. The van der Waals surface area contributed by atoms with E-state index in [0.717, 1.165) is 0 Å². The molecule has 13 heteroatoms. The van der Waals surface area contributed by atoms with Crippen molar-refractivity contribution in [3.05, 3.63) is 0 Å². The summed E-state index contributed by atoms with van der Waals surface area (Å²) in [5, 5.41) is 25.2. The van der Waals surface area contributed by atoms with E-state index in [9.17, 15) is 18.6 Å². The Labute approximate surface area is 119 Å². The van der Waals surface area contributed by atoms with Crippen molar-refractivity contribution < 1.29 is 100 Å². The van der Waals surface area contributed by atoms with Gasteiger partial charge < -0.3 is 15.1 Å². The van der Waals surface area contributed by atoms with Crippen molar-refractivity contribution in [1.82, 2.24) is 0 Å². The molecule has 0 saturated carbocycles. The van der Waals surface area contributed by atoms with Gasteiger partial charge in [-0.3, -0.25) is 7.32 Å². The summed E-state index contributed by atoms with van der Waals surface area (Å²) in [6.45, 7) is 0. The van der Waals surface area contributed by atoms with Gasteiger partial charge in [0, 0.05) is 9.05 Å². The molecule has 0 aromatic rings. The molecular formula is C2BF2Li3O7. The van der Waals surface area contributed by atoms with Crippen LogP contribution in [0.15, 0.2) is 0 Å². The summed E-state index contributed by atoms with van der Waals surface area (Å²) in [7, 11) is -2.92. The maximum absolute atomic E-state index is 10.5. The molecule has 70 valence electrons. The average Bonchev–Trinajstić information content (AvgIpc) is 2.00. The molecule has 0 amide bonds. The molecule has 0 aliphatic rings. The molecular weight excluding hydrogens is 206 g/mol. The zero-order valence-electron chi connectivity index (χ0n) is 8.19. The van der Waals surface area contributed by atoms with E-state index in [-0.39, 0.29) is 56.6 Å². The molecule has 0 spiro atoms. The van der Waals surface area contributed by atoms with Gasteiger partial charge in [0.25, 0.3) is 0 Å². The van der Waals surface area contributed by atoms with E-state index < -0.39 is 19.3 Å². The molecule has 0 rings (SSSR count). The van der Waals surface area contributed by atoms with Crippen molar-refractivity contribution in [2.75, 3.05) is 0 Å². The van der Waals surface area contributed by atoms with Gasteiger partial charge in [0.1, 0.15) is 0 Å². The van der Waals surface area contributed by atoms with Crippen LogP contribution in [0.5, 0.6) is 0 Å². The van der Waals surface area contributed by atoms with Crippen LogP contribution in [-0.2, 0) is 19.5 Å². The van der Waals surface area contributed by atoms with Crippen LogP contribution in [0.1, 0.15) is 0 Å². The average molecular weight is 206 g/mol. The maximum atomic E-state index is 10.5. The molecule has 0 aromatic carbocycles. The van der Waals surface area contributed by atoms with Crippen LogP contribution in [-0.4, -0.2) is 19.3 Å². The molecule has 0 aliphatic heterocycles. The van der Waals surface area contributed by atoms with E-state index in [1.165, 1.54) is 0 Å². The Balaban J connectivity index is -0.0000000424. The predicted octanol–water partition coefficient (Wildman–Crippen LogP) is -13.1. The first-order valence-electron chi connectivity index (χ1n) is 2.08. The quantitative estimate of drug-likeness (QED) is 0.284. The standard InChI is InChI=1S/C2F2O4.BO3.3Li/c3-7-1(5)2(6)8-4;2-1(3)4;;;/q;-3;3*+1. The van der Waals surface area contributed by atoms with E-state index in [2.05, 4.69) is 9.88 Å². The van der Waals surface area contributed by atoms with Gasteiger partial charge in [-0.1, -0.05) is 0 Å². The number of halogens is 2. The van der Waals surface area contributed by atoms with Crippen LogP contribution in [0, 0.1) is 0 Å². The molecule has 0 N–H and O–H groups in total. The fourth-order valence-electron chi connectivity index (χ4n) is 0.0630. The fourth-order valence-corrected chi connectivity index (χ4v) is 0.0630. The molecule has 0 aliphatic carbocycles. The van der Waals surface area contributed by atoms with Crippen LogP contribution in [0.4, 0.5) is 9.05 Å². The van der Waals surface area contributed by atoms with Crippen LogP contribution < -0.4 is 71.7 Å². The molecule has 0 aromatic heterocycles. The van der Waals surface area contributed by atoms with Gasteiger partial charge in [-0.15, -0.1) is 0 Å². The van der Waals surface area contributed by atoms with Crippen molar-refractivity contribution in [3.63, 3.8) is 0 Å². The molecule has 7 nitrogen and oxygen atoms in total. The van der Waals surface area contributed by atoms with Crippen molar-refractivity contribution in [1.29, 1.82) is 0 Å². The van der Waals surface area contributed by atoms with Crippen molar-refractivity contribution in [2.45, 2.75) is 0 Å². The second-order valence-corrected chi connectivity index (χ2v) is 1.02. The Hall–Kier alpha value is 0.537. The van der Waals surface area contributed by atoms with E-state index in [1.54, 1.807) is 0 Å². The minimum Gasteiger partial charge on any atom is -0.907 e. The van der Waals surface area contributed by atoms with Gasteiger partial charge >= 0.3 is 68.5 Å². The molecule has 15 heavy (non-hydrogen) atoms. The first-order valence-corrected chi connectivity index (χ1v) is 2.08. The van der Waals surface area contributed by atoms with Gasteiger partial charge in [-0.2, -0.15) is 0 Å². The molecule has 0 heterocycles. The molecule has 0 radical (unpaired) electrons. The van der Waals surface area contributed by atoms with Gasteiger partial charge in [0.15, 0.2) is 0 Å². The summed E-state index contributed by atoms with van der Waals surface area (Å²) in [5.74, 6) is -4.04. The smallest absolute Gasteiger partial charge is 0.907 e. The zero-order chi connectivity index (χ0) is 10.1. The minimum atomic E-state index is -2.92. The van der Waals surface area contributed by atoms with Crippen LogP contribution in [0.2, 0.25) is 0 Å². The normalized spacial score (nSPS) is 5.93. The number of carbonyl (C=O) groups is 2. The molecule has 0 bridgehead atoms. The van der Waals surface area contributed by atoms with Crippen LogP contribution >= 0.6 is 0 Å². The Morgan fingerprint density at radius 1 is 0.867 bits per heavy atom. The van der Waals surface area contributed by atoms with Crippen molar-refractivity contribution in [3.8, 4) is 0 Å². The summed E-state index contributed by atoms with van der Waals surface area (Å²) in [6, 6.07) is 0. The molecule has 0 saturated heterocycles. The zero-order valence-corrected chi connectivity index (χ0v) is 8.19. The fraction of sp³-hybridized carbons (Fsp3) is 0. The third kappa shape index (κ3) is 31.4. The SMILES string of the molecule is O=C(OF)C(=O)OF.[Li+].[Li+].[Li+].[O-]B([O-])[O-]. The van der Waals surface area contributed by atoms with Gasteiger partial charge in [0.2, 0.25) is 0 Å². The topological polar surface area (TPSA) is 122 Å². The monoisotopic (exact) mass is 206 g/mol. The van der Waals surface area contributed by atoms with E-state index in [1.807, 2.05) is 0 Å². The molecule has 0 fully saturated rings. The Bertz CT molecular complexity index is 142. The van der Waals surface area contributed by atoms with Crippen molar-refractivity contribution in [2.24, 2.45) is 0 Å². The Morgan fingerprint density at radius 3 is 1.07 bits per heavy atom. The third-order valence-electron chi connectivity index (χ3n) is 0.307. The van der Waals surface area contributed by atoms with Gasteiger partial charge in [0.05, 0.1) is 0 Å². The maximum Gasteiger partial charge on any atom is 1.00 e. The second-order valence-electron chi connectivity index (χ2n) is 1.02. The number of hydrogen-bond acceptors (Lipinski definition) is 7. The molecule has 0 unspecified atom stereocenters. The summed E-state index contributed by atoms with van der Waals surface area (Å²) in [4.78, 5) is 23.4. The van der Waals surface area contributed by atoms with E-state index in [4.69, 9.17) is 15.1 Å². The first-order chi connectivity index (χ1) is 5.45. The third-order valence-corrected chi connectivity index (χ3v) is 0.307. The predicted molar refractivity (Wildman–Crippen MR) is 20.2 cm³/mol. The number of hydrogen-bond donors (Lipinski definition) is 0. The first kappa shape index (κ1) is 29.6. The van der Waals surface area contributed by atoms with Gasteiger partial charge in [-0.25, -0.2) is 19.5 Å². The van der Waals surface area contributed by atoms with Gasteiger partial charge in [-0.05, 0) is 0 Å². The summed E-state index contributed by atoms with van der Waals surface area (Å²) in [6.07, 6.45) is 0. The Morgan fingerprint density at radius 2 is 1.00 bits per heavy atom. The number of carbonyl (C=O) groups excluding carboxylic acids is 2. The summed E-state index contributed by atoms with van der Waals surface area (Å²) in [5.41, 5.74) is 0. The largest absolute Gasteiger partial charge is 1.00 e. The second kappa shape index (κ2) is 20.0. The summed E-state index contributed by atoms with van der Waals surface area (Å²) < 4.78 is 21.0. The van der Waals surface area contributed by atoms with Crippen LogP contribution in [0.3, 0.4) is 0 Å². The summed E-state index contributed by atoms with van der Waals surface area (Å²) >= 11 is 0. The van der Waals surface area contributed by atoms with Crippen molar-refractivity contribution >= 4 is 19.3 Å².